The first kappa shape index (κ1) is 6.95. The molecule has 54 valence electrons. The van der Waals surface area contributed by atoms with Gasteiger partial charge in [0.25, 0.3) is 0 Å². The van der Waals surface area contributed by atoms with Crippen LogP contribution in [-0.4, -0.2) is 36.1 Å². The molecule has 1 heterocycles. The molecule has 1 rings (SSSR count). The van der Waals surface area contributed by atoms with Gasteiger partial charge in [-0.1, -0.05) is 0 Å². The third-order valence-corrected chi connectivity index (χ3v) is 1.52. The predicted molar refractivity (Wildman–Crippen MR) is 30.5 cm³/mol. The second kappa shape index (κ2) is 3.12. The standard InChI is InChI=1S/C5H11NO3/c7-2-4-1-6-9-5(4)3-8/h4-8H,1-3H2/t4-,5-/m0/s1. The van der Waals surface area contributed by atoms with Crippen LogP contribution in [0.5, 0.6) is 0 Å². The molecule has 0 aromatic rings. The monoisotopic (exact) mass is 133 g/mol. The summed E-state index contributed by atoms with van der Waals surface area (Å²) in [4.78, 5) is 4.85. The molecule has 0 aliphatic carbocycles. The van der Waals surface area contributed by atoms with Gasteiger partial charge >= 0.3 is 0 Å². The van der Waals surface area contributed by atoms with Crippen LogP contribution in [0.25, 0.3) is 0 Å². The van der Waals surface area contributed by atoms with Crippen LogP contribution >= 0.6 is 0 Å². The van der Waals surface area contributed by atoms with Crippen LogP contribution in [-0.2, 0) is 4.84 Å². The molecule has 2 atom stereocenters. The maximum absolute atomic E-state index is 8.64. The fraction of sp³-hybridized carbons (Fsp3) is 1.00. The number of nitrogens with one attached hydrogen (secondary N) is 1. The Kier molecular flexibility index (Phi) is 2.41. The Labute approximate surface area is 53.4 Å². The van der Waals surface area contributed by atoms with E-state index in [-0.39, 0.29) is 25.2 Å². The van der Waals surface area contributed by atoms with Crippen molar-refractivity contribution in [2.45, 2.75) is 6.10 Å². The van der Waals surface area contributed by atoms with Gasteiger partial charge in [-0.2, -0.15) is 0 Å². The Hall–Kier alpha value is -0.160. The maximum Gasteiger partial charge on any atom is 0.108 e. The summed E-state index contributed by atoms with van der Waals surface area (Å²) in [6.07, 6.45) is -0.227. The van der Waals surface area contributed by atoms with Gasteiger partial charge in [-0.05, 0) is 0 Å². The van der Waals surface area contributed by atoms with Crippen LogP contribution < -0.4 is 5.48 Å². The fourth-order valence-electron chi connectivity index (χ4n) is 0.858. The lowest BCUT2D eigenvalue weighted by molar-refractivity contribution is -0.0166. The third-order valence-electron chi connectivity index (χ3n) is 1.52. The zero-order valence-corrected chi connectivity index (χ0v) is 5.08. The van der Waals surface area contributed by atoms with Crippen LogP contribution in [0.4, 0.5) is 0 Å². The summed E-state index contributed by atoms with van der Waals surface area (Å²) >= 11 is 0. The first-order valence-electron chi connectivity index (χ1n) is 2.98. The number of aliphatic hydroxyl groups excluding tert-OH is 2. The molecule has 1 saturated heterocycles. The summed E-state index contributed by atoms with van der Waals surface area (Å²) in [6, 6.07) is 0. The van der Waals surface area contributed by atoms with E-state index in [4.69, 9.17) is 15.1 Å². The molecule has 1 aliphatic heterocycles. The minimum atomic E-state index is -0.227. The molecule has 3 N–H and O–H groups in total. The van der Waals surface area contributed by atoms with Gasteiger partial charge in [-0.3, -0.25) is 4.84 Å². The fourth-order valence-corrected chi connectivity index (χ4v) is 0.858. The molecule has 4 nitrogen and oxygen atoms in total. The topological polar surface area (TPSA) is 61.7 Å². The molecule has 0 unspecified atom stereocenters. The number of aliphatic hydroxyl groups is 2. The van der Waals surface area contributed by atoms with E-state index in [1.807, 2.05) is 0 Å². The summed E-state index contributed by atoms with van der Waals surface area (Å²) < 4.78 is 0. The number of hydroxylamine groups is 1. The van der Waals surface area contributed by atoms with Gasteiger partial charge in [0.15, 0.2) is 0 Å². The molecule has 0 saturated carbocycles. The lowest BCUT2D eigenvalue weighted by Crippen LogP contribution is -2.24. The Balaban J connectivity index is 2.32. The highest BCUT2D eigenvalue weighted by atomic mass is 16.7. The van der Waals surface area contributed by atoms with Crippen molar-refractivity contribution in [3.63, 3.8) is 0 Å². The van der Waals surface area contributed by atoms with Crippen molar-refractivity contribution < 1.29 is 15.1 Å². The van der Waals surface area contributed by atoms with E-state index >= 15 is 0 Å². The SMILES string of the molecule is OC[C@@H]1CNO[C@H]1CO. The average molecular weight is 133 g/mol. The van der Waals surface area contributed by atoms with Crippen molar-refractivity contribution in [1.29, 1.82) is 0 Å². The van der Waals surface area contributed by atoms with E-state index in [1.165, 1.54) is 0 Å². The Morgan fingerprint density at radius 1 is 1.44 bits per heavy atom. The van der Waals surface area contributed by atoms with E-state index in [1.54, 1.807) is 0 Å². The molecule has 0 aromatic carbocycles. The Morgan fingerprint density at radius 2 is 2.22 bits per heavy atom. The number of rotatable bonds is 2. The van der Waals surface area contributed by atoms with Gasteiger partial charge in [-0.25, -0.2) is 5.48 Å². The molecule has 0 bridgehead atoms. The molecule has 9 heavy (non-hydrogen) atoms. The number of hydrogen-bond donors (Lipinski definition) is 3. The van der Waals surface area contributed by atoms with Gasteiger partial charge < -0.3 is 10.2 Å². The van der Waals surface area contributed by atoms with Gasteiger partial charge in [0.1, 0.15) is 6.10 Å². The summed E-state index contributed by atoms with van der Waals surface area (Å²) in [5, 5.41) is 17.2. The smallest absolute Gasteiger partial charge is 0.108 e. The van der Waals surface area contributed by atoms with Crippen molar-refractivity contribution >= 4 is 0 Å². The molecule has 0 aromatic heterocycles. The largest absolute Gasteiger partial charge is 0.396 e. The van der Waals surface area contributed by atoms with Gasteiger partial charge in [0, 0.05) is 19.1 Å². The van der Waals surface area contributed by atoms with Crippen molar-refractivity contribution in [2.75, 3.05) is 19.8 Å². The first-order chi connectivity index (χ1) is 4.38. The van der Waals surface area contributed by atoms with Gasteiger partial charge in [0.05, 0.1) is 6.61 Å². The quantitative estimate of drug-likeness (QED) is 0.428. The van der Waals surface area contributed by atoms with E-state index in [2.05, 4.69) is 5.48 Å². The molecule has 0 amide bonds. The van der Waals surface area contributed by atoms with E-state index < -0.39 is 0 Å². The van der Waals surface area contributed by atoms with Crippen LogP contribution in [0.15, 0.2) is 0 Å². The second-order valence-corrected chi connectivity index (χ2v) is 2.13. The van der Waals surface area contributed by atoms with Gasteiger partial charge in [-0.15, -0.1) is 0 Å². The minimum Gasteiger partial charge on any atom is -0.396 e. The van der Waals surface area contributed by atoms with Crippen molar-refractivity contribution in [3.05, 3.63) is 0 Å². The molecule has 0 spiro atoms. The van der Waals surface area contributed by atoms with Crippen molar-refractivity contribution in [3.8, 4) is 0 Å². The molecule has 1 aliphatic rings. The average Bonchev–Trinajstić information content (AvgIpc) is 2.33. The molecular weight excluding hydrogens is 122 g/mol. The Bertz CT molecular complexity index is 78.3. The minimum absolute atomic E-state index is 0.0295. The second-order valence-electron chi connectivity index (χ2n) is 2.13. The Morgan fingerprint density at radius 3 is 2.67 bits per heavy atom. The van der Waals surface area contributed by atoms with E-state index in [0.29, 0.717) is 6.54 Å². The predicted octanol–water partition coefficient (Wildman–Crippen LogP) is -1.51. The third kappa shape index (κ3) is 1.40. The maximum atomic E-state index is 8.64. The molecule has 1 fully saturated rings. The van der Waals surface area contributed by atoms with Crippen LogP contribution in [0.3, 0.4) is 0 Å². The summed E-state index contributed by atoms with van der Waals surface area (Å²) in [5.74, 6) is 0.0509. The molecular formula is C5H11NO3. The highest BCUT2D eigenvalue weighted by Gasteiger charge is 2.26. The van der Waals surface area contributed by atoms with Crippen LogP contribution in [0.2, 0.25) is 0 Å². The van der Waals surface area contributed by atoms with Gasteiger partial charge in [0.2, 0.25) is 0 Å². The highest BCUT2D eigenvalue weighted by Crippen LogP contribution is 2.10. The zero-order chi connectivity index (χ0) is 6.69. The molecule has 4 heteroatoms. The summed E-state index contributed by atoms with van der Waals surface area (Å²) in [5.41, 5.74) is 2.60. The normalized spacial score (nSPS) is 35.3. The van der Waals surface area contributed by atoms with E-state index in [9.17, 15) is 0 Å². The van der Waals surface area contributed by atoms with Crippen LogP contribution in [0.1, 0.15) is 0 Å². The van der Waals surface area contributed by atoms with Crippen LogP contribution in [0, 0.1) is 5.92 Å². The summed E-state index contributed by atoms with van der Waals surface area (Å²) in [7, 11) is 0. The highest BCUT2D eigenvalue weighted by molar-refractivity contribution is 4.73. The van der Waals surface area contributed by atoms with Crippen molar-refractivity contribution in [1.82, 2.24) is 5.48 Å². The number of hydrogen-bond acceptors (Lipinski definition) is 4. The van der Waals surface area contributed by atoms with Crippen molar-refractivity contribution in [2.24, 2.45) is 5.92 Å². The zero-order valence-electron chi connectivity index (χ0n) is 5.08. The summed E-state index contributed by atoms with van der Waals surface area (Å²) in [6.45, 7) is 0.665. The molecule has 0 radical (unpaired) electrons. The lowest BCUT2D eigenvalue weighted by atomic mass is 10.1. The lowest BCUT2D eigenvalue weighted by Gasteiger charge is -2.09. The van der Waals surface area contributed by atoms with E-state index in [0.717, 1.165) is 0 Å². The first-order valence-corrected chi connectivity index (χ1v) is 2.98.